The van der Waals surface area contributed by atoms with E-state index < -0.39 is 11.2 Å². The lowest BCUT2D eigenvalue weighted by atomic mass is 10.2. The van der Waals surface area contributed by atoms with Crippen LogP contribution in [0, 0.1) is 0 Å². The molecule has 0 bridgehead atoms. The molecule has 0 aliphatic rings. The van der Waals surface area contributed by atoms with E-state index in [1.807, 2.05) is 0 Å². The number of aryl methyl sites for hydroxylation is 1. The predicted molar refractivity (Wildman–Crippen MR) is 68.9 cm³/mol. The fraction of sp³-hybridized carbons (Fsp3) is 0.727. The van der Waals surface area contributed by atoms with Crippen molar-refractivity contribution in [2.24, 2.45) is 14.1 Å². The predicted octanol–water partition coefficient (Wildman–Crippen LogP) is -0.294. The highest BCUT2D eigenvalue weighted by Crippen LogP contribution is 2.03. The van der Waals surface area contributed by atoms with Gasteiger partial charge in [0.05, 0.1) is 12.6 Å². The van der Waals surface area contributed by atoms with Gasteiger partial charge in [-0.2, -0.15) is 0 Å². The van der Waals surface area contributed by atoms with Crippen molar-refractivity contribution in [2.45, 2.75) is 25.8 Å². The topological polar surface area (TPSA) is 78.2 Å². The van der Waals surface area contributed by atoms with Crippen LogP contribution in [0.3, 0.4) is 0 Å². The molecule has 1 rings (SSSR count). The molecule has 7 heteroatoms. The molecule has 1 N–H and O–H groups in total. The van der Waals surface area contributed by atoms with Crippen LogP contribution >= 0.6 is 0 Å². The molecule has 1 heterocycles. The molecule has 0 aromatic carbocycles. The molecule has 0 saturated heterocycles. The Morgan fingerprint density at radius 2 is 2.06 bits per heavy atom. The molecule has 1 unspecified atom stereocenters. The highest BCUT2D eigenvalue weighted by atomic mass is 16.5. The Hall–Kier alpha value is -1.63. The zero-order valence-corrected chi connectivity index (χ0v) is 11.3. The first-order chi connectivity index (χ1) is 8.51. The molecule has 0 fully saturated rings. The number of rotatable bonds is 6. The van der Waals surface area contributed by atoms with E-state index in [4.69, 9.17) is 4.74 Å². The first-order valence-electron chi connectivity index (χ1n) is 5.91. The van der Waals surface area contributed by atoms with E-state index in [0.717, 1.165) is 22.1 Å². The lowest BCUT2D eigenvalue weighted by Gasteiger charge is -2.17. The van der Waals surface area contributed by atoms with Gasteiger partial charge in [-0.3, -0.25) is 9.36 Å². The van der Waals surface area contributed by atoms with Gasteiger partial charge in [0.2, 0.25) is 5.82 Å². The van der Waals surface area contributed by atoms with Crippen molar-refractivity contribution in [1.82, 2.24) is 14.3 Å². The maximum absolute atomic E-state index is 11.9. The molecule has 0 spiro atoms. The van der Waals surface area contributed by atoms with Gasteiger partial charge in [0, 0.05) is 21.2 Å². The fourth-order valence-electron chi connectivity index (χ4n) is 1.73. The highest BCUT2D eigenvalue weighted by molar-refractivity contribution is 5.31. The van der Waals surface area contributed by atoms with Crippen molar-refractivity contribution in [3.63, 3.8) is 0 Å². The molecule has 18 heavy (non-hydrogen) atoms. The Kier molecular flexibility index (Phi) is 5.08. The van der Waals surface area contributed by atoms with E-state index in [0.29, 0.717) is 6.61 Å². The summed E-state index contributed by atoms with van der Waals surface area (Å²) in [7, 11) is 4.55. The third kappa shape index (κ3) is 3.19. The molecule has 1 aromatic rings. The summed E-state index contributed by atoms with van der Waals surface area (Å²) in [6.07, 6.45) is 1.83. The van der Waals surface area contributed by atoms with E-state index >= 15 is 0 Å². The summed E-state index contributed by atoms with van der Waals surface area (Å²) < 4.78 is 7.26. The van der Waals surface area contributed by atoms with Gasteiger partial charge in [-0.15, -0.1) is 5.10 Å². The van der Waals surface area contributed by atoms with Gasteiger partial charge in [-0.25, -0.2) is 9.48 Å². The van der Waals surface area contributed by atoms with Gasteiger partial charge in [0.25, 0.3) is 5.56 Å². The second kappa shape index (κ2) is 6.34. The minimum atomic E-state index is -0.440. The van der Waals surface area contributed by atoms with E-state index in [-0.39, 0.29) is 11.9 Å². The van der Waals surface area contributed by atoms with E-state index in [1.54, 1.807) is 7.11 Å². The van der Waals surface area contributed by atoms with Crippen LogP contribution in [-0.2, 0) is 18.8 Å². The third-order valence-corrected chi connectivity index (χ3v) is 2.67. The van der Waals surface area contributed by atoms with Crippen molar-refractivity contribution in [3.05, 3.63) is 20.8 Å². The van der Waals surface area contributed by atoms with Crippen LogP contribution in [0.1, 0.15) is 19.8 Å². The Labute approximate surface area is 105 Å². The van der Waals surface area contributed by atoms with Gasteiger partial charge < -0.3 is 10.1 Å². The maximum atomic E-state index is 11.9. The first-order valence-corrected chi connectivity index (χ1v) is 5.91. The van der Waals surface area contributed by atoms with Crippen molar-refractivity contribution >= 4 is 5.82 Å². The first kappa shape index (κ1) is 14.4. The van der Waals surface area contributed by atoms with Gasteiger partial charge in [0.1, 0.15) is 0 Å². The Balaban J connectivity index is 3.03. The summed E-state index contributed by atoms with van der Waals surface area (Å²) in [6.45, 7) is 2.54. The summed E-state index contributed by atoms with van der Waals surface area (Å²) >= 11 is 0. The fourth-order valence-corrected chi connectivity index (χ4v) is 1.73. The van der Waals surface area contributed by atoms with Crippen LogP contribution in [0.25, 0.3) is 0 Å². The normalized spacial score (nSPS) is 12.4. The standard InChI is InChI=1S/C11H20N4O3/c1-5-6-8(7-18-4)12-9-10(16)14(2)11(17)15(3)13-9/h8H,5-7H2,1-4H3,(H,12,13). The zero-order valence-electron chi connectivity index (χ0n) is 11.3. The Morgan fingerprint density at radius 3 is 2.61 bits per heavy atom. The lowest BCUT2D eigenvalue weighted by Crippen LogP contribution is -2.41. The number of nitrogens with zero attached hydrogens (tertiary/aromatic N) is 3. The smallest absolute Gasteiger partial charge is 0.346 e. The Morgan fingerprint density at radius 1 is 1.39 bits per heavy atom. The molecule has 0 saturated carbocycles. The SMILES string of the molecule is CCCC(COC)Nc1nn(C)c(=O)n(C)c1=O. The molecule has 0 aliphatic carbocycles. The van der Waals surface area contributed by atoms with Crippen LogP contribution in [0.2, 0.25) is 0 Å². The van der Waals surface area contributed by atoms with Crippen molar-refractivity contribution in [3.8, 4) is 0 Å². The molecule has 0 aliphatic heterocycles. The summed E-state index contributed by atoms with van der Waals surface area (Å²) in [6, 6.07) is 0.0118. The van der Waals surface area contributed by atoms with Gasteiger partial charge in [0.15, 0.2) is 0 Å². The van der Waals surface area contributed by atoms with Crippen molar-refractivity contribution < 1.29 is 4.74 Å². The van der Waals surface area contributed by atoms with Crippen molar-refractivity contribution in [1.29, 1.82) is 0 Å². The Bertz CT molecular complexity index is 500. The van der Waals surface area contributed by atoms with E-state index in [2.05, 4.69) is 17.3 Å². The summed E-state index contributed by atoms with van der Waals surface area (Å²) in [4.78, 5) is 23.4. The van der Waals surface area contributed by atoms with Crippen LogP contribution in [-0.4, -0.2) is 34.1 Å². The van der Waals surface area contributed by atoms with Crippen molar-refractivity contribution in [2.75, 3.05) is 19.0 Å². The van der Waals surface area contributed by atoms with Crippen LogP contribution in [0.5, 0.6) is 0 Å². The molecular formula is C11H20N4O3. The van der Waals surface area contributed by atoms with Crippen LogP contribution < -0.4 is 16.6 Å². The molecular weight excluding hydrogens is 236 g/mol. The maximum Gasteiger partial charge on any atom is 0.346 e. The summed E-state index contributed by atoms with van der Waals surface area (Å²) in [5.74, 6) is 0.176. The van der Waals surface area contributed by atoms with Crippen LogP contribution in [0.15, 0.2) is 9.59 Å². The number of anilines is 1. The quantitative estimate of drug-likeness (QED) is 0.756. The number of methoxy groups -OCH3 is 1. The monoisotopic (exact) mass is 256 g/mol. The molecule has 7 nitrogen and oxygen atoms in total. The number of hydrogen-bond acceptors (Lipinski definition) is 5. The van der Waals surface area contributed by atoms with Crippen LogP contribution in [0.4, 0.5) is 5.82 Å². The summed E-state index contributed by atoms with van der Waals surface area (Å²) in [5, 5.41) is 6.97. The number of ether oxygens (including phenoxy) is 1. The molecule has 0 radical (unpaired) electrons. The molecule has 1 atom stereocenters. The largest absolute Gasteiger partial charge is 0.383 e. The second-order valence-electron chi connectivity index (χ2n) is 4.20. The lowest BCUT2D eigenvalue weighted by molar-refractivity contribution is 0.182. The minimum absolute atomic E-state index is 0.0118. The van der Waals surface area contributed by atoms with E-state index in [9.17, 15) is 9.59 Å². The minimum Gasteiger partial charge on any atom is -0.383 e. The second-order valence-corrected chi connectivity index (χ2v) is 4.20. The average molecular weight is 256 g/mol. The third-order valence-electron chi connectivity index (χ3n) is 2.67. The number of nitrogens with one attached hydrogen (secondary N) is 1. The molecule has 0 amide bonds. The van der Waals surface area contributed by atoms with Gasteiger partial charge >= 0.3 is 5.69 Å². The van der Waals surface area contributed by atoms with Gasteiger partial charge in [-0.05, 0) is 6.42 Å². The summed E-state index contributed by atoms with van der Waals surface area (Å²) in [5.41, 5.74) is -0.861. The highest BCUT2D eigenvalue weighted by Gasteiger charge is 2.13. The molecule has 102 valence electrons. The molecule has 1 aromatic heterocycles. The number of aromatic nitrogens is 3. The van der Waals surface area contributed by atoms with E-state index in [1.165, 1.54) is 14.1 Å². The number of hydrogen-bond donors (Lipinski definition) is 1. The average Bonchev–Trinajstić information content (AvgIpc) is 2.34. The van der Waals surface area contributed by atoms with Gasteiger partial charge in [-0.1, -0.05) is 13.3 Å². The zero-order chi connectivity index (χ0) is 13.7.